The average Bonchev–Trinajstić information content (AvgIpc) is 4.39. The third-order valence-electron chi connectivity index (χ3n) is 13.3. The van der Waals surface area contributed by atoms with Crippen molar-refractivity contribution in [1.82, 2.24) is 13.7 Å². The molecule has 14 rings (SSSR count). The number of fused-ring (bicyclic) bond motifs is 3. The van der Waals surface area contributed by atoms with E-state index < -0.39 is 5.60 Å². The number of para-hydroxylation sites is 3. The van der Waals surface area contributed by atoms with Crippen molar-refractivity contribution in [2.45, 2.75) is 44.1 Å². The van der Waals surface area contributed by atoms with E-state index in [-0.39, 0.29) is 86.0 Å². The minimum Gasteiger partial charge on any atom is -1.00 e. The number of hydrogen-bond donors (Lipinski definition) is 1. The van der Waals surface area contributed by atoms with E-state index in [1.54, 1.807) is 0 Å². The molecule has 10 heteroatoms. The molecule has 0 radical (unpaired) electrons. The quantitative estimate of drug-likeness (QED) is 0.0941. The molecule has 0 amide bonds. The molecule has 0 saturated heterocycles. The minimum absolute atomic E-state index is 0. The number of aliphatic hydroxyl groups is 1. The van der Waals surface area contributed by atoms with E-state index in [0.29, 0.717) is 17.3 Å². The Kier molecular flexibility index (Phi) is 22.1. The molecular formula is C66H56Br2Mg2N4O2. The predicted octanol–water partition coefficient (Wildman–Crippen LogP) is 8.72. The van der Waals surface area contributed by atoms with E-state index in [4.69, 9.17) is 5.26 Å². The number of hydrogen-bond acceptors (Lipinski definition) is 3. The van der Waals surface area contributed by atoms with E-state index in [1.807, 2.05) is 146 Å². The number of halogens is 2. The van der Waals surface area contributed by atoms with Gasteiger partial charge in [0.2, 0.25) is 0 Å². The Balaban J connectivity index is 0.000000169. The van der Waals surface area contributed by atoms with Crippen molar-refractivity contribution in [3.63, 3.8) is 0 Å². The van der Waals surface area contributed by atoms with Gasteiger partial charge in [-0.15, -0.1) is 0 Å². The maximum Gasteiger partial charge on any atom is 2.00 e. The summed E-state index contributed by atoms with van der Waals surface area (Å²) < 4.78 is 6.47. The Labute approximate surface area is 499 Å². The van der Waals surface area contributed by atoms with Gasteiger partial charge in [-0.25, -0.2) is 12.8 Å². The first kappa shape index (κ1) is 59.2. The molecule has 76 heavy (non-hydrogen) atoms. The summed E-state index contributed by atoms with van der Waals surface area (Å²) in [5, 5.41) is 23.9. The zero-order chi connectivity index (χ0) is 49.1. The molecular weight excluding hydrogens is 1090 g/mol. The number of carbonyl (C=O) groups is 1. The second-order valence-corrected chi connectivity index (χ2v) is 18.5. The number of ketones is 1. The monoisotopic (exact) mass is 1140 g/mol. The Hall–Kier alpha value is -6.01. The molecule has 3 fully saturated rings. The molecule has 3 heterocycles. The smallest absolute Gasteiger partial charge is 1.00 e. The third-order valence-corrected chi connectivity index (χ3v) is 13.3. The summed E-state index contributed by atoms with van der Waals surface area (Å²) in [4.78, 5) is 12.1. The van der Waals surface area contributed by atoms with Gasteiger partial charge in [0.05, 0.1) is 28.2 Å². The maximum absolute atomic E-state index is 12.1. The average molecular weight is 1150 g/mol. The topological polar surface area (TPSA) is 75.9 Å². The number of benzene rings is 8. The van der Waals surface area contributed by atoms with Crippen LogP contribution in [0.3, 0.4) is 0 Å². The van der Waals surface area contributed by atoms with Crippen molar-refractivity contribution < 1.29 is 43.9 Å². The predicted molar refractivity (Wildman–Crippen MR) is 304 cm³/mol. The molecule has 1 N–H and O–H groups in total. The summed E-state index contributed by atoms with van der Waals surface area (Å²) in [5.74, 6) is 0.890. The summed E-state index contributed by atoms with van der Waals surface area (Å²) in [6, 6.07) is 79.9. The summed E-state index contributed by atoms with van der Waals surface area (Å²) in [6.07, 6.45) is 15.5. The molecule has 8 aromatic carbocycles. The van der Waals surface area contributed by atoms with Gasteiger partial charge < -0.3 is 59.2 Å². The Morgan fingerprint density at radius 2 is 0.934 bits per heavy atom. The van der Waals surface area contributed by atoms with Crippen molar-refractivity contribution in [2.75, 3.05) is 0 Å². The molecule has 3 saturated carbocycles. The Bertz CT molecular complexity index is 3540. The third kappa shape index (κ3) is 14.5. The molecule has 0 spiro atoms. The van der Waals surface area contributed by atoms with E-state index in [1.165, 1.54) is 12.8 Å². The number of rotatable bonds is 8. The zero-order valence-electron chi connectivity index (χ0n) is 42.4. The van der Waals surface area contributed by atoms with Crippen LogP contribution in [0, 0.1) is 35.7 Å². The summed E-state index contributed by atoms with van der Waals surface area (Å²) in [7, 11) is 0. The minimum atomic E-state index is -0.899. The molecule has 3 aliphatic carbocycles. The van der Waals surface area contributed by atoms with Gasteiger partial charge in [-0.1, -0.05) is 91.0 Å². The van der Waals surface area contributed by atoms with Crippen molar-refractivity contribution >= 4 is 84.6 Å². The van der Waals surface area contributed by atoms with Crippen LogP contribution >= 0.6 is 0 Å². The molecule has 3 aromatic heterocycles. The largest absolute Gasteiger partial charge is 2.00 e. The van der Waals surface area contributed by atoms with E-state index in [9.17, 15) is 9.90 Å². The fourth-order valence-corrected chi connectivity index (χ4v) is 9.08. The van der Waals surface area contributed by atoms with E-state index in [2.05, 4.69) is 130 Å². The second-order valence-electron chi connectivity index (χ2n) is 18.5. The number of carbonyl (C=O) groups excluding carboxylic acids is 1. The fraction of sp³-hybridized carbons (Fsp3) is 0.136. The molecule has 3 aliphatic rings. The van der Waals surface area contributed by atoms with Crippen LogP contribution in [-0.2, 0) is 5.60 Å². The Morgan fingerprint density at radius 1 is 0.513 bits per heavy atom. The van der Waals surface area contributed by atoms with Crippen LogP contribution < -0.4 is 34.0 Å². The Morgan fingerprint density at radius 3 is 1.34 bits per heavy atom. The van der Waals surface area contributed by atoms with Crippen LogP contribution in [0.4, 0.5) is 0 Å². The van der Waals surface area contributed by atoms with Gasteiger partial charge in [-0.3, -0.25) is 4.79 Å². The first-order valence-corrected chi connectivity index (χ1v) is 24.9. The fourth-order valence-electron chi connectivity index (χ4n) is 9.08. The molecule has 0 aliphatic heterocycles. The van der Waals surface area contributed by atoms with Gasteiger partial charge in [0.15, 0.2) is 5.78 Å². The summed E-state index contributed by atoms with van der Waals surface area (Å²) in [5.41, 5.74) is 9.48. The SMILES string of the molecule is N#Cc1ccc2c(ccn2-c2ccccc2)c1.O=C(c1ccc2c(ccn2-c2ccccc2)c1)C1CC1.OC(c1ccccc1)(c1ccc2c(ccn2-c2ccccc2)c1)C1CC1.[Br-].[Br-].[CH-]1CC1.[Mg+2].[Mg+2].[c-]1ccccc1. The zero-order valence-corrected chi connectivity index (χ0v) is 48.4. The van der Waals surface area contributed by atoms with Gasteiger partial charge in [0, 0.05) is 63.3 Å². The van der Waals surface area contributed by atoms with Crippen LogP contribution in [-0.4, -0.2) is 70.7 Å². The van der Waals surface area contributed by atoms with Crippen LogP contribution in [0.25, 0.3) is 49.8 Å². The molecule has 370 valence electrons. The van der Waals surface area contributed by atoms with Crippen LogP contribution in [0.5, 0.6) is 0 Å². The molecule has 6 nitrogen and oxygen atoms in total. The van der Waals surface area contributed by atoms with Crippen molar-refractivity contribution in [2.24, 2.45) is 11.8 Å². The number of Topliss-reactive ketones (excluding diaryl/α,β-unsaturated/α-hetero) is 1. The van der Waals surface area contributed by atoms with Crippen molar-refractivity contribution in [1.29, 1.82) is 5.26 Å². The van der Waals surface area contributed by atoms with Gasteiger partial charge in [0.25, 0.3) is 0 Å². The number of nitrogens with zero attached hydrogens (tertiary/aromatic N) is 4. The normalized spacial score (nSPS) is 13.4. The van der Waals surface area contributed by atoms with Crippen molar-refractivity contribution in [3.8, 4) is 23.1 Å². The first-order chi connectivity index (χ1) is 35.5. The number of nitriles is 1. The second kappa shape index (κ2) is 28.4. The van der Waals surface area contributed by atoms with E-state index in [0.717, 1.165) is 92.1 Å². The van der Waals surface area contributed by atoms with E-state index >= 15 is 0 Å². The van der Waals surface area contributed by atoms with Crippen LogP contribution in [0.1, 0.15) is 65.6 Å². The summed E-state index contributed by atoms with van der Waals surface area (Å²) in [6.45, 7) is 0. The van der Waals surface area contributed by atoms with Crippen LogP contribution in [0.2, 0.25) is 0 Å². The number of aromatic nitrogens is 3. The molecule has 11 aromatic rings. The summed E-state index contributed by atoms with van der Waals surface area (Å²) >= 11 is 0. The van der Waals surface area contributed by atoms with Gasteiger partial charge in [-0.05, 0) is 146 Å². The molecule has 1 atom stereocenters. The maximum atomic E-state index is 12.1. The van der Waals surface area contributed by atoms with Crippen LogP contribution in [0.15, 0.2) is 243 Å². The standard InChI is InChI=1S/C24H21NO.C18H15NO.C15H10N2.C6H5.C3H5.2BrH.2Mg/c26-24(20-11-12-20,19-7-3-1-4-8-19)21-13-14-23-18(17-21)15-16-25(23)22-9-5-2-6-10-22;20-18(13-6-7-13)15-8-9-17-14(12-15)10-11-19(17)16-4-2-1-3-5-16;16-11-12-6-7-15-13(10-12)8-9-17(15)14-4-2-1-3-5-14;1-2-4-6-5-3-1;1-2-3-1;;;;/h1-10,13-17,20,26H,11-12H2;1-5,8-13H,6-7H2;1-10H;1-5H;1H,2-3H2;2*1H;;/q;;;2*-1;;;2*+2/p-2. The van der Waals surface area contributed by atoms with Gasteiger partial charge in [0.1, 0.15) is 5.60 Å². The molecule has 1 unspecified atom stereocenters. The molecule has 0 bridgehead atoms. The van der Waals surface area contributed by atoms with Crippen molar-refractivity contribution in [3.05, 3.63) is 278 Å². The first-order valence-electron chi connectivity index (χ1n) is 24.9. The van der Waals surface area contributed by atoms with Gasteiger partial charge in [-0.2, -0.15) is 41.7 Å². The van der Waals surface area contributed by atoms with Gasteiger partial charge >= 0.3 is 46.1 Å².